The molecule has 0 fully saturated rings. The van der Waals surface area contributed by atoms with Gasteiger partial charge in [0.2, 0.25) is 0 Å². The van der Waals surface area contributed by atoms with Crippen LogP contribution in [-0.4, -0.2) is 19.4 Å². The standard InChI is InChI=1S/C11H15N3/c1-14-7-3-5-9-4-2-6-10(8-9)11(12)13/h2-6,8,14H,7H2,1H3,(H3,12,13). The lowest BCUT2D eigenvalue weighted by Gasteiger charge is -1.99. The molecule has 0 spiro atoms. The summed E-state index contributed by atoms with van der Waals surface area (Å²) in [5, 5.41) is 10.3. The van der Waals surface area contributed by atoms with E-state index >= 15 is 0 Å². The van der Waals surface area contributed by atoms with Crippen LogP contribution in [0.3, 0.4) is 0 Å². The van der Waals surface area contributed by atoms with Crippen LogP contribution >= 0.6 is 0 Å². The molecule has 0 unspecified atom stereocenters. The van der Waals surface area contributed by atoms with Crippen molar-refractivity contribution in [3.63, 3.8) is 0 Å². The molecule has 1 rings (SSSR count). The summed E-state index contributed by atoms with van der Waals surface area (Å²) >= 11 is 0. The Morgan fingerprint density at radius 2 is 2.36 bits per heavy atom. The first-order valence-corrected chi connectivity index (χ1v) is 4.49. The van der Waals surface area contributed by atoms with Crippen molar-refractivity contribution in [2.45, 2.75) is 0 Å². The van der Waals surface area contributed by atoms with Crippen LogP contribution in [0.15, 0.2) is 30.3 Å². The van der Waals surface area contributed by atoms with Crippen LogP contribution in [0, 0.1) is 5.41 Å². The van der Waals surface area contributed by atoms with Gasteiger partial charge in [0.1, 0.15) is 5.84 Å². The van der Waals surface area contributed by atoms with Crippen LogP contribution in [0.25, 0.3) is 6.08 Å². The number of nitrogens with one attached hydrogen (secondary N) is 2. The maximum atomic E-state index is 7.29. The third-order valence-corrected chi connectivity index (χ3v) is 1.83. The van der Waals surface area contributed by atoms with Gasteiger partial charge in [-0.15, -0.1) is 0 Å². The average Bonchev–Trinajstić information content (AvgIpc) is 2.19. The fraction of sp³-hybridized carbons (Fsp3) is 0.182. The van der Waals surface area contributed by atoms with Crippen LogP contribution < -0.4 is 11.1 Å². The van der Waals surface area contributed by atoms with E-state index in [4.69, 9.17) is 11.1 Å². The molecule has 14 heavy (non-hydrogen) atoms. The Morgan fingerprint density at radius 1 is 1.57 bits per heavy atom. The van der Waals surface area contributed by atoms with Gasteiger partial charge in [-0.2, -0.15) is 0 Å². The second-order valence-electron chi connectivity index (χ2n) is 3.00. The summed E-state index contributed by atoms with van der Waals surface area (Å²) in [6.45, 7) is 0.838. The topological polar surface area (TPSA) is 61.9 Å². The molecule has 0 aliphatic carbocycles. The van der Waals surface area contributed by atoms with E-state index in [-0.39, 0.29) is 5.84 Å². The van der Waals surface area contributed by atoms with Crippen LogP contribution in [0.1, 0.15) is 11.1 Å². The minimum Gasteiger partial charge on any atom is -0.384 e. The predicted octanol–water partition coefficient (Wildman–Crippen LogP) is 1.20. The number of rotatable bonds is 4. The molecule has 0 aliphatic rings. The Balaban J connectivity index is 2.78. The van der Waals surface area contributed by atoms with Gasteiger partial charge in [-0.1, -0.05) is 30.4 Å². The summed E-state index contributed by atoms with van der Waals surface area (Å²) in [6.07, 6.45) is 4.03. The lowest BCUT2D eigenvalue weighted by molar-refractivity contribution is 0.922. The number of nitrogens with two attached hydrogens (primary N) is 1. The van der Waals surface area contributed by atoms with E-state index < -0.39 is 0 Å². The molecule has 74 valence electrons. The van der Waals surface area contributed by atoms with Crippen LogP contribution in [0.4, 0.5) is 0 Å². The van der Waals surface area contributed by atoms with E-state index in [0.717, 1.165) is 17.7 Å². The maximum Gasteiger partial charge on any atom is 0.122 e. The summed E-state index contributed by atoms with van der Waals surface area (Å²) in [5.41, 5.74) is 7.21. The first-order chi connectivity index (χ1) is 6.74. The van der Waals surface area contributed by atoms with Crippen molar-refractivity contribution in [1.82, 2.24) is 5.32 Å². The summed E-state index contributed by atoms with van der Waals surface area (Å²) in [6, 6.07) is 7.61. The van der Waals surface area contributed by atoms with Gasteiger partial charge in [0, 0.05) is 12.1 Å². The van der Waals surface area contributed by atoms with Crippen molar-refractivity contribution >= 4 is 11.9 Å². The zero-order valence-electron chi connectivity index (χ0n) is 8.25. The normalized spacial score (nSPS) is 10.6. The summed E-state index contributed by atoms with van der Waals surface area (Å²) < 4.78 is 0. The molecule has 0 amide bonds. The number of nitrogen functional groups attached to an aromatic ring is 1. The molecule has 3 nitrogen and oxygen atoms in total. The molecule has 0 saturated carbocycles. The molecule has 0 aromatic heterocycles. The van der Waals surface area contributed by atoms with Gasteiger partial charge in [-0.05, 0) is 18.7 Å². The Kier molecular flexibility index (Phi) is 3.88. The molecule has 4 N–H and O–H groups in total. The monoisotopic (exact) mass is 189 g/mol. The highest BCUT2D eigenvalue weighted by molar-refractivity contribution is 5.95. The largest absolute Gasteiger partial charge is 0.384 e. The molecule has 0 radical (unpaired) electrons. The SMILES string of the molecule is CNCC=Cc1cccc(C(=N)N)c1. The van der Waals surface area contributed by atoms with Gasteiger partial charge in [-0.3, -0.25) is 5.41 Å². The van der Waals surface area contributed by atoms with E-state index in [1.165, 1.54) is 0 Å². The number of hydrogen-bond acceptors (Lipinski definition) is 2. The van der Waals surface area contributed by atoms with Gasteiger partial charge in [0.15, 0.2) is 0 Å². The van der Waals surface area contributed by atoms with E-state index in [2.05, 4.69) is 5.32 Å². The second kappa shape index (κ2) is 5.19. The lowest BCUT2D eigenvalue weighted by Crippen LogP contribution is -2.10. The molecule has 1 aromatic rings. The van der Waals surface area contributed by atoms with Gasteiger partial charge in [0.05, 0.1) is 0 Å². The highest BCUT2D eigenvalue weighted by Gasteiger charge is 1.95. The zero-order chi connectivity index (χ0) is 10.4. The highest BCUT2D eigenvalue weighted by Crippen LogP contribution is 2.06. The molecule has 0 saturated heterocycles. The second-order valence-corrected chi connectivity index (χ2v) is 3.00. The number of benzene rings is 1. The van der Waals surface area contributed by atoms with Gasteiger partial charge < -0.3 is 11.1 Å². The molecular formula is C11H15N3. The van der Waals surface area contributed by atoms with Crippen molar-refractivity contribution < 1.29 is 0 Å². The smallest absolute Gasteiger partial charge is 0.122 e. The minimum atomic E-state index is 0.105. The fourth-order valence-electron chi connectivity index (χ4n) is 1.12. The van der Waals surface area contributed by atoms with Crippen molar-refractivity contribution in [2.24, 2.45) is 5.73 Å². The van der Waals surface area contributed by atoms with E-state index in [1.54, 1.807) is 0 Å². The van der Waals surface area contributed by atoms with Gasteiger partial charge in [0.25, 0.3) is 0 Å². The molecule has 3 heteroatoms. The molecule has 1 aromatic carbocycles. The van der Waals surface area contributed by atoms with Crippen LogP contribution in [0.5, 0.6) is 0 Å². The number of likely N-dealkylation sites (N-methyl/N-ethyl adjacent to an activating group) is 1. The van der Waals surface area contributed by atoms with Crippen molar-refractivity contribution in [3.8, 4) is 0 Å². The van der Waals surface area contributed by atoms with E-state index in [9.17, 15) is 0 Å². The predicted molar refractivity (Wildman–Crippen MR) is 60.4 cm³/mol. The average molecular weight is 189 g/mol. The molecular weight excluding hydrogens is 174 g/mol. The fourth-order valence-corrected chi connectivity index (χ4v) is 1.12. The van der Waals surface area contributed by atoms with Gasteiger partial charge in [-0.25, -0.2) is 0 Å². The van der Waals surface area contributed by atoms with Crippen molar-refractivity contribution in [2.75, 3.05) is 13.6 Å². The Hall–Kier alpha value is -1.61. The molecule has 0 atom stereocenters. The van der Waals surface area contributed by atoms with Crippen molar-refractivity contribution in [1.29, 1.82) is 5.41 Å². The summed E-state index contributed by atoms with van der Waals surface area (Å²) in [5.74, 6) is 0.105. The van der Waals surface area contributed by atoms with Crippen molar-refractivity contribution in [3.05, 3.63) is 41.5 Å². The molecule has 0 bridgehead atoms. The van der Waals surface area contributed by atoms with E-state index in [1.807, 2.05) is 43.5 Å². The number of amidine groups is 1. The number of hydrogen-bond donors (Lipinski definition) is 3. The first-order valence-electron chi connectivity index (χ1n) is 4.49. The van der Waals surface area contributed by atoms with Crippen LogP contribution in [-0.2, 0) is 0 Å². The minimum absolute atomic E-state index is 0.105. The zero-order valence-corrected chi connectivity index (χ0v) is 8.25. The Labute approximate surface area is 84.1 Å². The quantitative estimate of drug-likeness (QED) is 0.492. The lowest BCUT2D eigenvalue weighted by atomic mass is 10.1. The maximum absolute atomic E-state index is 7.29. The molecule has 0 aliphatic heterocycles. The summed E-state index contributed by atoms with van der Waals surface area (Å²) in [4.78, 5) is 0. The van der Waals surface area contributed by atoms with E-state index in [0.29, 0.717) is 0 Å². The van der Waals surface area contributed by atoms with Gasteiger partial charge >= 0.3 is 0 Å². The molecule has 0 heterocycles. The summed E-state index contributed by atoms with van der Waals surface area (Å²) in [7, 11) is 1.90. The Morgan fingerprint density at radius 3 is 3.00 bits per heavy atom. The third kappa shape index (κ3) is 3.03. The Bertz CT molecular complexity index is 342. The third-order valence-electron chi connectivity index (χ3n) is 1.83. The first kappa shape index (κ1) is 10.5. The van der Waals surface area contributed by atoms with Crippen LogP contribution in [0.2, 0.25) is 0 Å². The highest BCUT2D eigenvalue weighted by atomic mass is 14.8.